The highest BCUT2D eigenvalue weighted by atomic mass is 16.5. The van der Waals surface area contributed by atoms with Crippen molar-refractivity contribution in [2.24, 2.45) is 0 Å². The molecule has 1 fully saturated rings. The first-order chi connectivity index (χ1) is 15.1. The summed E-state index contributed by atoms with van der Waals surface area (Å²) < 4.78 is 6.32. The second kappa shape index (κ2) is 7.67. The summed E-state index contributed by atoms with van der Waals surface area (Å²) in [5.41, 5.74) is 2.57. The minimum Gasteiger partial charge on any atom is -0.490 e. The van der Waals surface area contributed by atoms with Crippen molar-refractivity contribution >= 4 is 17.1 Å². The zero-order valence-electron chi connectivity index (χ0n) is 16.5. The molecule has 0 aliphatic heterocycles. The molecular weight excluding hydrogens is 398 g/mol. The van der Waals surface area contributed by atoms with Crippen LogP contribution < -0.4 is 10.3 Å². The second-order valence-corrected chi connectivity index (χ2v) is 7.49. The van der Waals surface area contributed by atoms with E-state index in [4.69, 9.17) is 9.84 Å². The van der Waals surface area contributed by atoms with Crippen LogP contribution in [0.4, 0.5) is 0 Å². The minimum atomic E-state index is -1.07. The number of H-pyrrole nitrogens is 2. The van der Waals surface area contributed by atoms with Gasteiger partial charge in [0.25, 0.3) is 5.56 Å². The van der Waals surface area contributed by atoms with E-state index in [0.29, 0.717) is 22.8 Å². The molecule has 9 nitrogen and oxygen atoms in total. The topological polar surface area (TPSA) is 134 Å². The normalized spacial score (nSPS) is 14.2. The predicted octanol–water partition coefficient (Wildman–Crippen LogP) is 3.39. The van der Waals surface area contributed by atoms with Gasteiger partial charge < -0.3 is 19.8 Å². The van der Waals surface area contributed by atoms with E-state index >= 15 is 0 Å². The zero-order valence-corrected chi connectivity index (χ0v) is 16.5. The molecule has 0 spiro atoms. The van der Waals surface area contributed by atoms with Gasteiger partial charge in [-0.05, 0) is 49.4 Å². The molecule has 9 heteroatoms. The molecule has 1 aliphatic rings. The average molecular weight is 417 g/mol. The number of rotatable bonds is 5. The molecule has 5 rings (SSSR count). The Morgan fingerprint density at radius 2 is 1.90 bits per heavy atom. The Balaban J connectivity index is 1.59. The fraction of sp³-hybridized carbons (Fsp3) is 0.227. The lowest BCUT2D eigenvalue weighted by Gasteiger charge is -2.17. The lowest BCUT2D eigenvalue weighted by atomic mass is 10.0. The molecule has 0 bridgehead atoms. The summed E-state index contributed by atoms with van der Waals surface area (Å²) in [5.74, 6) is -0.0780. The first kappa shape index (κ1) is 19.0. The summed E-state index contributed by atoms with van der Waals surface area (Å²) in [6.07, 6.45) is 7.25. The third kappa shape index (κ3) is 3.65. The number of nitrogens with one attached hydrogen (secondary N) is 2. The van der Waals surface area contributed by atoms with Crippen molar-refractivity contribution in [3.8, 4) is 28.3 Å². The number of hydrogen-bond acceptors (Lipinski definition) is 6. The Hall–Kier alpha value is -4.01. The minimum absolute atomic E-state index is 0.0163. The molecule has 0 saturated heterocycles. The number of carboxylic acids is 1. The van der Waals surface area contributed by atoms with Crippen molar-refractivity contribution in [1.82, 2.24) is 24.9 Å². The first-order valence-corrected chi connectivity index (χ1v) is 10.0. The molecule has 156 valence electrons. The maximum Gasteiger partial charge on any atom is 0.354 e. The van der Waals surface area contributed by atoms with Crippen LogP contribution in [0.25, 0.3) is 33.7 Å². The van der Waals surface area contributed by atoms with Crippen molar-refractivity contribution in [3.63, 3.8) is 0 Å². The maximum absolute atomic E-state index is 12.4. The fourth-order valence-corrected chi connectivity index (χ4v) is 3.84. The number of carboxylic acid groups (broad SMARTS) is 1. The molecule has 0 atom stereocenters. The zero-order chi connectivity index (χ0) is 21.4. The smallest absolute Gasteiger partial charge is 0.354 e. The van der Waals surface area contributed by atoms with Crippen molar-refractivity contribution in [2.75, 3.05) is 0 Å². The monoisotopic (exact) mass is 417 g/mol. The summed E-state index contributed by atoms with van der Waals surface area (Å²) in [7, 11) is 0. The SMILES string of the molecule is O=C(O)c1ccc(-c2ccc(-c3nc4[nH]cnc4c(=O)[nH]3)c(OC3CCCC3)c2)cn1. The second-order valence-electron chi connectivity index (χ2n) is 7.49. The Labute approximate surface area is 176 Å². The number of carbonyl (C=O) groups is 1. The lowest BCUT2D eigenvalue weighted by molar-refractivity contribution is 0.0690. The van der Waals surface area contributed by atoms with E-state index in [1.807, 2.05) is 18.2 Å². The van der Waals surface area contributed by atoms with Gasteiger partial charge in [-0.25, -0.2) is 19.7 Å². The predicted molar refractivity (Wildman–Crippen MR) is 113 cm³/mol. The van der Waals surface area contributed by atoms with E-state index < -0.39 is 5.97 Å². The van der Waals surface area contributed by atoms with Crippen LogP contribution in [0.3, 0.4) is 0 Å². The molecule has 3 N–H and O–H groups in total. The molecular formula is C22H19N5O4. The van der Waals surface area contributed by atoms with E-state index in [-0.39, 0.29) is 22.9 Å². The van der Waals surface area contributed by atoms with Crippen molar-refractivity contribution in [2.45, 2.75) is 31.8 Å². The molecule has 31 heavy (non-hydrogen) atoms. The van der Waals surface area contributed by atoms with Crippen LogP contribution in [0.1, 0.15) is 36.2 Å². The Bertz CT molecular complexity index is 1320. The lowest BCUT2D eigenvalue weighted by Crippen LogP contribution is -2.13. The number of nitrogens with zero attached hydrogens (tertiary/aromatic N) is 3. The van der Waals surface area contributed by atoms with Crippen LogP contribution in [-0.4, -0.2) is 42.1 Å². The van der Waals surface area contributed by atoms with Gasteiger partial charge in [-0.2, -0.15) is 0 Å². The highest BCUT2D eigenvalue weighted by molar-refractivity contribution is 5.86. The average Bonchev–Trinajstić information content (AvgIpc) is 3.46. The molecule has 4 aromatic rings. The first-order valence-electron chi connectivity index (χ1n) is 10.0. The molecule has 3 aromatic heterocycles. The van der Waals surface area contributed by atoms with Gasteiger partial charge in [0, 0.05) is 11.8 Å². The molecule has 0 unspecified atom stereocenters. The Morgan fingerprint density at radius 3 is 2.65 bits per heavy atom. The molecule has 1 saturated carbocycles. The number of aromatic carboxylic acids is 1. The summed E-state index contributed by atoms with van der Waals surface area (Å²) >= 11 is 0. The standard InChI is InChI=1S/C22H19N5O4/c28-21-18-20(25-11-24-18)26-19(27-21)15-7-5-12(9-17(15)31-14-3-1-2-4-14)13-6-8-16(22(29)30)23-10-13/h5-11,14H,1-4H2,(H,29,30)(H2,24,25,26,27,28). The third-order valence-corrected chi connectivity index (χ3v) is 5.44. The number of fused-ring (bicyclic) bond motifs is 1. The van der Waals surface area contributed by atoms with Gasteiger partial charge in [-0.3, -0.25) is 4.79 Å². The largest absolute Gasteiger partial charge is 0.490 e. The van der Waals surface area contributed by atoms with E-state index in [2.05, 4.69) is 24.9 Å². The molecule has 1 aliphatic carbocycles. The summed E-state index contributed by atoms with van der Waals surface area (Å²) in [6.45, 7) is 0. The third-order valence-electron chi connectivity index (χ3n) is 5.44. The molecule has 0 radical (unpaired) electrons. The van der Waals surface area contributed by atoms with Gasteiger partial charge >= 0.3 is 5.97 Å². The number of pyridine rings is 1. The van der Waals surface area contributed by atoms with Crippen LogP contribution in [-0.2, 0) is 0 Å². The number of hydrogen-bond donors (Lipinski definition) is 3. The van der Waals surface area contributed by atoms with Crippen LogP contribution in [0.5, 0.6) is 5.75 Å². The molecule has 3 heterocycles. The Kier molecular flexibility index (Phi) is 4.70. The van der Waals surface area contributed by atoms with Crippen LogP contribution in [0, 0.1) is 0 Å². The van der Waals surface area contributed by atoms with Gasteiger partial charge in [0.2, 0.25) is 0 Å². The van der Waals surface area contributed by atoms with Crippen LogP contribution >= 0.6 is 0 Å². The summed E-state index contributed by atoms with van der Waals surface area (Å²) in [4.78, 5) is 41.6. The van der Waals surface area contributed by atoms with E-state index in [1.54, 1.807) is 6.07 Å². The molecule has 1 aromatic carbocycles. The van der Waals surface area contributed by atoms with Gasteiger partial charge in [0.05, 0.1) is 18.0 Å². The highest BCUT2D eigenvalue weighted by Crippen LogP contribution is 2.35. The summed E-state index contributed by atoms with van der Waals surface area (Å²) in [5, 5.41) is 9.07. The van der Waals surface area contributed by atoms with Gasteiger partial charge in [0.1, 0.15) is 17.3 Å². The van der Waals surface area contributed by atoms with Crippen LogP contribution in [0.2, 0.25) is 0 Å². The number of ether oxygens (including phenoxy) is 1. The van der Waals surface area contributed by atoms with Crippen molar-refractivity contribution < 1.29 is 14.6 Å². The number of aromatic amines is 2. The van der Waals surface area contributed by atoms with Crippen molar-refractivity contribution in [3.05, 3.63) is 58.9 Å². The number of aromatic nitrogens is 5. The molecule has 0 amide bonds. The van der Waals surface area contributed by atoms with Gasteiger partial charge in [-0.15, -0.1) is 0 Å². The summed E-state index contributed by atoms with van der Waals surface area (Å²) in [6, 6.07) is 8.76. The fourth-order valence-electron chi connectivity index (χ4n) is 3.84. The van der Waals surface area contributed by atoms with Crippen LogP contribution in [0.15, 0.2) is 47.7 Å². The van der Waals surface area contributed by atoms with Crippen molar-refractivity contribution in [1.29, 1.82) is 0 Å². The quantitative estimate of drug-likeness (QED) is 0.453. The number of benzene rings is 1. The van der Waals surface area contributed by atoms with Gasteiger partial charge in [0.15, 0.2) is 11.2 Å². The van der Waals surface area contributed by atoms with E-state index in [9.17, 15) is 9.59 Å². The van der Waals surface area contributed by atoms with E-state index in [0.717, 1.165) is 36.8 Å². The van der Waals surface area contributed by atoms with E-state index in [1.165, 1.54) is 18.6 Å². The highest BCUT2D eigenvalue weighted by Gasteiger charge is 2.20. The maximum atomic E-state index is 12.4. The number of imidazole rings is 1. The van der Waals surface area contributed by atoms with Gasteiger partial charge in [-0.1, -0.05) is 12.1 Å². The Morgan fingerprint density at radius 1 is 1.10 bits per heavy atom.